The summed E-state index contributed by atoms with van der Waals surface area (Å²) in [6, 6.07) is 5.30. The van der Waals surface area contributed by atoms with Gasteiger partial charge in [0.2, 0.25) is 0 Å². The zero-order valence-corrected chi connectivity index (χ0v) is 12.9. The molecule has 0 bridgehead atoms. The summed E-state index contributed by atoms with van der Waals surface area (Å²) in [5.41, 5.74) is 0.0602. The Hall–Kier alpha value is -0.320. The molecule has 0 radical (unpaired) electrons. The van der Waals surface area contributed by atoms with Crippen molar-refractivity contribution in [3.63, 3.8) is 0 Å². The minimum Gasteiger partial charge on any atom is -0.390 e. The fourth-order valence-electron chi connectivity index (χ4n) is 1.83. The van der Waals surface area contributed by atoms with Gasteiger partial charge in [-0.1, -0.05) is 23.2 Å². The molecule has 0 aromatic heterocycles. The van der Waals surface area contributed by atoms with Crippen LogP contribution in [0.15, 0.2) is 18.2 Å². The van der Waals surface area contributed by atoms with Crippen LogP contribution >= 0.6 is 23.2 Å². The Labute approximate surface area is 124 Å². The molecule has 3 nitrogen and oxygen atoms in total. The van der Waals surface area contributed by atoms with Gasteiger partial charge in [0, 0.05) is 30.1 Å². The van der Waals surface area contributed by atoms with Crippen LogP contribution in [-0.2, 0) is 11.2 Å². The third kappa shape index (κ3) is 6.59. The summed E-state index contributed by atoms with van der Waals surface area (Å²) < 4.78 is 4.94. The molecule has 1 unspecified atom stereocenters. The standard InChI is InChI=1S/C14H21Cl2NO2/c1-14(18,5-6-17-7-8-19-2)10-11-9-12(15)3-4-13(11)16/h3-4,9,17-18H,5-8,10H2,1-2H3. The molecule has 19 heavy (non-hydrogen) atoms. The minimum absolute atomic E-state index is 0.484. The zero-order valence-electron chi connectivity index (χ0n) is 11.4. The van der Waals surface area contributed by atoms with Gasteiger partial charge in [-0.2, -0.15) is 0 Å². The second-order valence-electron chi connectivity index (χ2n) is 4.90. The quantitative estimate of drug-likeness (QED) is 0.726. The van der Waals surface area contributed by atoms with Crippen molar-refractivity contribution in [3.05, 3.63) is 33.8 Å². The number of ether oxygens (including phenoxy) is 1. The van der Waals surface area contributed by atoms with Gasteiger partial charge in [-0.25, -0.2) is 0 Å². The number of aliphatic hydroxyl groups is 1. The number of hydrogen-bond acceptors (Lipinski definition) is 3. The monoisotopic (exact) mass is 305 g/mol. The van der Waals surface area contributed by atoms with Crippen molar-refractivity contribution < 1.29 is 9.84 Å². The molecule has 1 aromatic carbocycles. The van der Waals surface area contributed by atoms with Crippen molar-refractivity contribution in [2.45, 2.75) is 25.4 Å². The van der Waals surface area contributed by atoms with Crippen LogP contribution in [0.1, 0.15) is 18.9 Å². The molecule has 0 aliphatic carbocycles. The predicted octanol–water partition coefficient (Wildman–Crippen LogP) is 2.91. The number of rotatable bonds is 8. The van der Waals surface area contributed by atoms with E-state index >= 15 is 0 Å². The van der Waals surface area contributed by atoms with Gasteiger partial charge in [-0.15, -0.1) is 0 Å². The number of hydrogen-bond donors (Lipinski definition) is 2. The molecular weight excluding hydrogens is 285 g/mol. The molecular formula is C14H21Cl2NO2. The first-order valence-electron chi connectivity index (χ1n) is 6.30. The zero-order chi connectivity index (χ0) is 14.3. The highest BCUT2D eigenvalue weighted by molar-refractivity contribution is 6.33. The van der Waals surface area contributed by atoms with Gasteiger partial charge < -0.3 is 15.2 Å². The average molecular weight is 306 g/mol. The van der Waals surface area contributed by atoms with E-state index in [4.69, 9.17) is 27.9 Å². The molecule has 0 spiro atoms. The van der Waals surface area contributed by atoms with Crippen LogP contribution < -0.4 is 5.32 Å². The lowest BCUT2D eigenvalue weighted by molar-refractivity contribution is 0.0510. The van der Waals surface area contributed by atoms with Crippen LogP contribution in [0.3, 0.4) is 0 Å². The van der Waals surface area contributed by atoms with Crippen molar-refractivity contribution in [2.24, 2.45) is 0 Å². The lowest BCUT2D eigenvalue weighted by Gasteiger charge is -2.24. The van der Waals surface area contributed by atoms with E-state index in [-0.39, 0.29) is 0 Å². The first-order valence-corrected chi connectivity index (χ1v) is 7.06. The summed E-state index contributed by atoms with van der Waals surface area (Å²) in [5, 5.41) is 14.8. The van der Waals surface area contributed by atoms with Crippen LogP contribution in [0, 0.1) is 0 Å². The summed E-state index contributed by atoms with van der Waals surface area (Å²) in [7, 11) is 1.67. The topological polar surface area (TPSA) is 41.5 Å². The number of benzene rings is 1. The molecule has 1 aromatic rings. The molecule has 2 N–H and O–H groups in total. The van der Waals surface area contributed by atoms with Gasteiger partial charge in [0.15, 0.2) is 0 Å². The summed E-state index contributed by atoms with van der Waals surface area (Å²) in [4.78, 5) is 0. The van der Waals surface area contributed by atoms with Gasteiger partial charge in [0.25, 0.3) is 0 Å². The molecule has 0 fully saturated rings. The van der Waals surface area contributed by atoms with Crippen LogP contribution in [0.25, 0.3) is 0 Å². The van der Waals surface area contributed by atoms with Crippen molar-refractivity contribution in [3.8, 4) is 0 Å². The third-order valence-corrected chi connectivity index (χ3v) is 3.51. The second-order valence-corrected chi connectivity index (χ2v) is 5.75. The van der Waals surface area contributed by atoms with E-state index in [1.807, 2.05) is 6.92 Å². The highest BCUT2D eigenvalue weighted by Gasteiger charge is 2.21. The fraction of sp³-hybridized carbons (Fsp3) is 0.571. The molecule has 0 saturated heterocycles. The lowest BCUT2D eigenvalue weighted by Crippen LogP contribution is -2.33. The molecule has 0 amide bonds. The smallest absolute Gasteiger partial charge is 0.0672 e. The fourth-order valence-corrected chi connectivity index (χ4v) is 2.21. The molecule has 0 aliphatic heterocycles. The number of nitrogens with one attached hydrogen (secondary N) is 1. The van der Waals surface area contributed by atoms with E-state index in [1.165, 1.54) is 0 Å². The van der Waals surface area contributed by atoms with Crippen molar-refractivity contribution in [2.75, 3.05) is 26.8 Å². The van der Waals surface area contributed by atoms with Crippen LogP contribution in [0.4, 0.5) is 0 Å². The molecule has 0 saturated carbocycles. The average Bonchev–Trinajstić information content (AvgIpc) is 2.33. The van der Waals surface area contributed by atoms with Crippen LogP contribution in [-0.4, -0.2) is 37.5 Å². The SMILES string of the molecule is COCCNCCC(C)(O)Cc1cc(Cl)ccc1Cl. The van der Waals surface area contributed by atoms with Gasteiger partial charge >= 0.3 is 0 Å². The summed E-state index contributed by atoms with van der Waals surface area (Å²) in [6.07, 6.45) is 1.12. The van der Waals surface area contributed by atoms with E-state index in [0.717, 1.165) is 18.7 Å². The summed E-state index contributed by atoms with van der Waals surface area (Å²) >= 11 is 12.0. The minimum atomic E-state index is -0.811. The Balaban J connectivity index is 2.46. The predicted molar refractivity (Wildman–Crippen MR) is 80.2 cm³/mol. The van der Waals surface area contributed by atoms with E-state index in [0.29, 0.717) is 29.5 Å². The van der Waals surface area contributed by atoms with Crippen molar-refractivity contribution in [1.29, 1.82) is 0 Å². The van der Waals surface area contributed by atoms with Crippen molar-refractivity contribution >= 4 is 23.2 Å². The third-order valence-electron chi connectivity index (χ3n) is 2.90. The largest absolute Gasteiger partial charge is 0.390 e. The Bertz CT molecular complexity index is 397. The molecule has 1 atom stereocenters. The van der Waals surface area contributed by atoms with Gasteiger partial charge in [0.05, 0.1) is 12.2 Å². The highest BCUT2D eigenvalue weighted by Crippen LogP contribution is 2.25. The second kappa shape index (κ2) is 8.08. The Morgan fingerprint density at radius 1 is 1.32 bits per heavy atom. The van der Waals surface area contributed by atoms with E-state index in [1.54, 1.807) is 25.3 Å². The first kappa shape index (κ1) is 16.7. The maximum Gasteiger partial charge on any atom is 0.0672 e. The van der Waals surface area contributed by atoms with Crippen molar-refractivity contribution in [1.82, 2.24) is 5.32 Å². The maximum atomic E-state index is 10.4. The van der Waals surface area contributed by atoms with E-state index in [9.17, 15) is 5.11 Å². The molecule has 0 heterocycles. The number of methoxy groups -OCH3 is 1. The Morgan fingerprint density at radius 3 is 2.74 bits per heavy atom. The molecule has 5 heteroatoms. The van der Waals surface area contributed by atoms with E-state index in [2.05, 4.69) is 5.32 Å². The highest BCUT2D eigenvalue weighted by atomic mass is 35.5. The van der Waals surface area contributed by atoms with E-state index < -0.39 is 5.60 Å². The maximum absolute atomic E-state index is 10.4. The summed E-state index contributed by atoms with van der Waals surface area (Å²) in [5.74, 6) is 0. The Kier molecular flexibility index (Phi) is 7.11. The lowest BCUT2D eigenvalue weighted by atomic mass is 9.93. The first-order chi connectivity index (χ1) is 8.94. The normalized spacial score (nSPS) is 14.4. The van der Waals surface area contributed by atoms with Gasteiger partial charge in [-0.3, -0.25) is 0 Å². The summed E-state index contributed by atoms with van der Waals surface area (Å²) in [6.45, 7) is 3.99. The molecule has 0 aliphatic rings. The van der Waals surface area contributed by atoms with Gasteiger partial charge in [-0.05, 0) is 43.7 Å². The van der Waals surface area contributed by atoms with Crippen LogP contribution in [0.5, 0.6) is 0 Å². The van der Waals surface area contributed by atoms with Gasteiger partial charge in [0.1, 0.15) is 0 Å². The number of halogens is 2. The molecule has 108 valence electrons. The Morgan fingerprint density at radius 2 is 2.05 bits per heavy atom. The van der Waals surface area contributed by atoms with Crippen LogP contribution in [0.2, 0.25) is 10.0 Å². The molecule has 1 rings (SSSR count).